The lowest BCUT2D eigenvalue weighted by atomic mass is 10.1. The molecule has 1 heterocycles. The van der Waals surface area contributed by atoms with Crippen LogP contribution in [0.15, 0.2) is 11.3 Å². The third kappa shape index (κ3) is 9.65. The molecule has 1 rings (SSSR count). The second-order valence-electron chi connectivity index (χ2n) is 6.96. The molecule has 0 radical (unpaired) electrons. The average Bonchev–Trinajstić information content (AvgIpc) is 2.96. The molecule has 0 saturated carbocycles. The number of esters is 1. The van der Waals surface area contributed by atoms with Crippen LogP contribution in [0.25, 0.3) is 0 Å². The van der Waals surface area contributed by atoms with Gasteiger partial charge in [0.1, 0.15) is 11.3 Å². The van der Waals surface area contributed by atoms with Crippen molar-refractivity contribution in [3.8, 4) is 11.8 Å². The summed E-state index contributed by atoms with van der Waals surface area (Å²) in [6, 6.07) is 0. The molecule has 0 aromatic carbocycles. The molecule has 0 aromatic heterocycles. The highest BCUT2D eigenvalue weighted by molar-refractivity contribution is 6.22. The molecule has 0 bridgehead atoms. The fourth-order valence-corrected chi connectivity index (χ4v) is 3.00. The molecule has 0 aliphatic carbocycles. The summed E-state index contributed by atoms with van der Waals surface area (Å²) in [4.78, 5) is 22.7. The Morgan fingerprint density at radius 3 is 1.96 bits per heavy atom. The van der Waals surface area contributed by atoms with Crippen molar-refractivity contribution in [1.82, 2.24) is 0 Å². The molecule has 0 spiro atoms. The number of unbranched alkanes of at least 4 members (excludes halogenated alkanes) is 11. The van der Waals surface area contributed by atoms with E-state index >= 15 is 0 Å². The number of carbonyl (C=O) groups is 2. The van der Waals surface area contributed by atoms with Gasteiger partial charge in [0.25, 0.3) is 0 Å². The summed E-state index contributed by atoms with van der Waals surface area (Å²) in [5.41, 5.74) is -0.148. The molecular weight excluding hydrogens is 328 g/mol. The number of allylic oxidation sites excluding steroid dienone is 1. The van der Waals surface area contributed by atoms with E-state index in [1.54, 1.807) is 0 Å². The number of aliphatic hydroxyl groups is 1. The molecule has 0 amide bonds. The van der Waals surface area contributed by atoms with Crippen LogP contribution in [0.4, 0.5) is 0 Å². The fraction of sp³-hybridized carbons (Fsp3) is 0.727. The Hall–Kier alpha value is -1.76. The third-order valence-electron chi connectivity index (χ3n) is 4.60. The summed E-state index contributed by atoms with van der Waals surface area (Å²) >= 11 is 0. The van der Waals surface area contributed by atoms with E-state index in [0.717, 1.165) is 44.9 Å². The zero-order valence-electron chi connectivity index (χ0n) is 16.3. The highest BCUT2D eigenvalue weighted by atomic mass is 16.5. The van der Waals surface area contributed by atoms with Crippen molar-refractivity contribution in [3.05, 3.63) is 11.3 Å². The summed E-state index contributed by atoms with van der Waals surface area (Å²) in [7, 11) is 0. The van der Waals surface area contributed by atoms with E-state index < -0.39 is 11.8 Å². The number of hydrogen-bond donors (Lipinski definition) is 1. The largest absolute Gasteiger partial charge is 0.511 e. The molecule has 1 aliphatic heterocycles. The standard InChI is InChI=1S/C22H34O4/c1-2-3-4-5-6-7-8-9-10-11-12-13-14-15-16-17-19(23)21-20(24)18-26-22(21)25/h23H,2-8,11-18H2,1H3/b21-19+. The SMILES string of the molecule is CCCCCCCCC#CCCCCCCC/C(O)=C1/C(=O)COC1=O. The monoisotopic (exact) mass is 362 g/mol. The van der Waals surface area contributed by atoms with Crippen LogP contribution in [0.1, 0.15) is 96.8 Å². The Morgan fingerprint density at radius 1 is 0.885 bits per heavy atom. The van der Waals surface area contributed by atoms with Gasteiger partial charge in [-0.05, 0) is 19.3 Å². The molecule has 1 saturated heterocycles. The molecule has 0 unspecified atom stereocenters. The Kier molecular flexibility index (Phi) is 12.4. The predicted octanol–water partition coefficient (Wildman–Crippen LogP) is 5.41. The molecule has 1 aliphatic rings. The summed E-state index contributed by atoms with van der Waals surface area (Å²) < 4.78 is 4.61. The minimum absolute atomic E-state index is 0.113. The molecule has 4 heteroatoms. The average molecular weight is 363 g/mol. The van der Waals surface area contributed by atoms with Gasteiger partial charge in [-0.25, -0.2) is 4.79 Å². The topological polar surface area (TPSA) is 63.6 Å². The molecule has 1 N–H and O–H groups in total. The number of ketones is 1. The Bertz CT molecular complexity index is 504. The quantitative estimate of drug-likeness (QED) is 0.119. The second kappa shape index (κ2) is 14.4. The van der Waals surface area contributed by atoms with Gasteiger partial charge in [-0.15, -0.1) is 11.8 Å². The fourth-order valence-electron chi connectivity index (χ4n) is 3.00. The molecule has 0 aromatic rings. The molecule has 4 nitrogen and oxygen atoms in total. The van der Waals surface area contributed by atoms with Gasteiger partial charge >= 0.3 is 5.97 Å². The van der Waals surface area contributed by atoms with E-state index in [1.165, 1.54) is 38.5 Å². The van der Waals surface area contributed by atoms with Gasteiger partial charge in [0.2, 0.25) is 5.78 Å². The van der Waals surface area contributed by atoms with Crippen LogP contribution in [-0.4, -0.2) is 23.5 Å². The van der Waals surface area contributed by atoms with E-state index in [2.05, 4.69) is 23.5 Å². The lowest BCUT2D eigenvalue weighted by Gasteiger charge is -2.02. The van der Waals surface area contributed by atoms with Crippen molar-refractivity contribution < 1.29 is 19.4 Å². The zero-order chi connectivity index (χ0) is 19.0. The molecule has 146 valence electrons. The van der Waals surface area contributed by atoms with E-state index in [9.17, 15) is 14.7 Å². The second-order valence-corrected chi connectivity index (χ2v) is 6.96. The van der Waals surface area contributed by atoms with E-state index in [4.69, 9.17) is 0 Å². The first-order valence-electron chi connectivity index (χ1n) is 10.2. The lowest BCUT2D eigenvalue weighted by molar-refractivity contribution is -0.135. The number of cyclic esters (lactones) is 1. The van der Waals surface area contributed by atoms with Crippen molar-refractivity contribution in [3.63, 3.8) is 0 Å². The maximum Gasteiger partial charge on any atom is 0.345 e. The van der Waals surface area contributed by atoms with Gasteiger partial charge in [0, 0.05) is 19.3 Å². The smallest absolute Gasteiger partial charge is 0.345 e. The highest BCUT2D eigenvalue weighted by Crippen LogP contribution is 2.18. The number of ether oxygens (including phenoxy) is 1. The van der Waals surface area contributed by atoms with Crippen LogP contribution in [0.3, 0.4) is 0 Å². The first-order valence-corrected chi connectivity index (χ1v) is 10.2. The number of carbonyl (C=O) groups excluding carboxylic acids is 2. The van der Waals surface area contributed by atoms with E-state index in [-0.39, 0.29) is 17.9 Å². The molecular formula is C22H34O4. The van der Waals surface area contributed by atoms with Crippen molar-refractivity contribution in [2.45, 2.75) is 96.8 Å². The van der Waals surface area contributed by atoms with Crippen molar-refractivity contribution in [1.29, 1.82) is 0 Å². The van der Waals surface area contributed by atoms with Gasteiger partial charge in [-0.1, -0.05) is 58.3 Å². The van der Waals surface area contributed by atoms with Crippen molar-refractivity contribution in [2.75, 3.05) is 6.61 Å². The van der Waals surface area contributed by atoms with Gasteiger partial charge in [0.05, 0.1) is 0 Å². The first kappa shape index (κ1) is 22.3. The summed E-state index contributed by atoms with van der Waals surface area (Å²) in [5, 5.41) is 9.83. The maximum absolute atomic E-state index is 11.4. The lowest BCUT2D eigenvalue weighted by Crippen LogP contribution is -2.05. The number of hydrogen-bond acceptors (Lipinski definition) is 4. The zero-order valence-corrected chi connectivity index (χ0v) is 16.3. The van der Waals surface area contributed by atoms with Gasteiger partial charge in [0.15, 0.2) is 6.61 Å². The first-order chi connectivity index (χ1) is 12.7. The third-order valence-corrected chi connectivity index (χ3v) is 4.60. The Morgan fingerprint density at radius 2 is 1.42 bits per heavy atom. The van der Waals surface area contributed by atoms with Crippen LogP contribution in [-0.2, 0) is 14.3 Å². The van der Waals surface area contributed by atoms with Crippen LogP contribution in [0.2, 0.25) is 0 Å². The molecule has 0 atom stereocenters. The Balaban J connectivity index is 1.94. The minimum Gasteiger partial charge on any atom is -0.511 e. The van der Waals surface area contributed by atoms with Crippen molar-refractivity contribution >= 4 is 11.8 Å². The molecule has 1 fully saturated rings. The number of aliphatic hydroxyl groups excluding tert-OH is 1. The maximum atomic E-state index is 11.4. The van der Waals surface area contributed by atoms with E-state index in [1.807, 2.05) is 0 Å². The summed E-state index contributed by atoms with van der Waals surface area (Å²) in [6.07, 6.45) is 15.3. The van der Waals surface area contributed by atoms with Crippen LogP contribution >= 0.6 is 0 Å². The number of Topliss-reactive ketones (excluding diaryl/α,β-unsaturated/α-hetero) is 1. The Labute approximate surface area is 158 Å². The van der Waals surface area contributed by atoms with Gasteiger partial charge in [-0.3, -0.25) is 4.79 Å². The highest BCUT2D eigenvalue weighted by Gasteiger charge is 2.31. The number of rotatable bonds is 13. The van der Waals surface area contributed by atoms with E-state index in [0.29, 0.717) is 6.42 Å². The normalized spacial score (nSPS) is 15.6. The van der Waals surface area contributed by atoms with Crippen molar-refractivity contribution in [2.24, 2.45) is 0 Å². The van der Waals surface area contributed by atoms with Crippen LogP contribution in [0.5, 0.6) is 0 Å². The van der Waals surface area contributed by atoms with Crippen LogP contribution < -0.4 is 0 Å². The van der Waals surface area contributed by atoms with Gasteiger partial charge < -0.3 is 9.84 Å². The summed E-state index contributed by atoms with van der Waals surface area (Å²) in [5.74, 6) is 5.31. The summed E-state index contributed by atoms with van der Waals surface area (Å²) in [6.45, 7) is 2.00. The molecule has 26 heavy (non-hydrogen) atoms. The van der Waals surface area contributed by atoms with Crippen LogP contribution in [0, 0.1) is 11.8 Å². The van der Waals surface area contributed by atoms with Gasteiger partial charge in [-0.2, -0.15) is 0 Å². The predicted molar refractivity (Wildman–Crippen MR) is 104 cm³/mol. The minimum atomic E-state index is -0.688.